The van der Waals surface area contributed by atoms with Gasteiger partial charge in [-0.2, -0.15) is 0 Å². The summed E-state index contributed by atoms with van der Waals surface area (Å²) in [5, 5.41) is 4.50. The largest absolute Gasteiger partial charge is 0.391 e. The molecule has 1 heterocycles. The smallest absolute Gasteiger partial charge is 0.143 e. The quantitative estimate of drug-likeness (QED) is 0.564. The van der Waals surface area contributed by atoms with Gasteiger partial charge in [0.2, 0.25) is 0 Å². The van der Waals surface area contributed by atoms with Crippen LogP contribution in [0.3, 0.4) is 0 Å². The van der Waals surface area contributed by atoms with Gasteiger partial charge in [-0.05, 0) is 19.1 Å². The van der Waals surface area contributed by atoms with Gasteiger partial charge in [0.05, 0.1) is 5.52 Å². The Morgan fingerprint density at radius 1 is 1.40 bits per heavy atom. The lowest BCUT2D eigenvalue weighted by Crippen LogP contribution is -1.93. The zero-order chi connectivity index (χ0) is 10.7. The van der Waals surface area contributed by atoms with Crippen molar-refractivity contribution in [2.75, 3.05) is 0 Å². The molecule has 1 aromatic heterocycles. The first-order valence-corrected chi connectivity index (χ1v) is 4.74. The summed E-state index contributed by atoms with van der Waals surface area (Å²) in [6.45, 7) is 5.70. The van der Waals surface area contributed by atoms with Crippen LogP contribution in [0.5, 0.6) is 0 Å². The molecule has 0 saturated heterocycles. The van der Waals surface area contributed by atoms with E-state index >= 15 is 0 Å². The first kappa shape index (κ1) is 9.65. The van der Waals surface area contributed by atoms with E-state index < -0.39 is 0 Å². The van der Waals surface area contributed by atoms with Crippen LogP contribution in [0.4, 0.5) is 0 Å². The van der Waals surface area contributed by atoms with Gasteiger partial charge in [0.25, 0.3) is 0 Å². The van der Waals surface area contributed by atoms with Crippen LogP contribution >= 0.6 is 0 Å². The minimum atomic E-state index is 0.438. The topological polar surface area (TPSA) is 34.5 Å². The number of oxime groups is 1. The van der Waals surface area contributed by atoms with E-state index in [1.54, 1.807) is 0 Å². The summed E-state index contributed by atoms with van der Waals surface area (Å²) in [5.41, 5.74) is 3.06. The van der Waals surface area contributed by atoms with Crippen LogP contribution in [0.15, 0.2) is 35.5 Å². The van der Waals surface area contributed by atoms with Gasteiger partial charge in [-0.15, -0.1) is 5.16 Å². The number of aryl methyl sites for hydroxylation is 1. The lowest BCUT2D eigenvalue weighted by molar-refractivity contribution is 0.134. The lowest BCUT2D eigenvalue weighted by atomic mass is 10.1. The third kappa shape index (κ3) is 1.96. The standard InChI is InChI=1S/C12H12N2O/c1-9-7-10(8-15-13-2)11-5-3-4-6-12(11)14-9/h3-7H,2,8H2,1H3. The normalized spacial score (nSPS) is 10.2. The first-order valence-electron chi connectivity index (χ1n) is 4.74. The zero-order valence-electron chi connectivity index (χ0n) is 8.60. The number of aromatic nitrogens is 1. The molecule has 15 heavy (non-hydrogen) atoms. The number of rotatable bonds is 3. The maximum atomic E-state index is 4.97. The van der Waals surface area contributed by atoms with E-state index in [0.717, 1.165) is 22.2 Å². The van der Waals surface area contributed by atoms with Gasteiger partial charge in [0, 0.05) is 23.4 Å². The number of fused-ring (bicyclic) bond motifs is 1. The van der Waals surface area contributed by atoms with Crippen molar-refractivity contribution >= 4 is 17.6 Å². The molecule has 0 radical (unpaired) electrons. The molecule has 0 fully saturated rings. The summed E-state index contributed by atoms with van der Waals surface area (Å²) >= 11 is 0. The lowest BCUT2D eigenvalue weighted by Gasteiger charge is -2.06. The van der Waals surface area contributed by atoms with Crippen molar-refractivity contribution < 1.29 is 4.84 Å². The van der Waals surface area contributed by atoms with Crippen LogP contribution < -0.4 is 0 Å². The fourth-order valence-electron chi connectivity index (χ4n) is 1.63. The van der Waals surface area contributed by atoms with Crippen LogP contribution in [-0.2, 0) is 11.4 Å². The molecule has 0 bridgehead atoms. The van der Waals surface area contributed by atoms with Crippen molar-refractivity contribution in [1.29, 1.82) is 0 Å². The first-order chi connectivity index (χ1) is 7.31. The number of hydrogen-bond acceptors (Lipinski definition) is 3. The van der Waals surface area contributed by atoms with E-state index in [4.69, 9.17) is 4.84 Å². The van der Waals surface area contributed by atoms with E-state index in [1.165, 1.54) is 0 Å². The third-order valence-electron chi connectivity index (χ3n) is 2.24. The molecule has 0 aliphatic carbocycles. The van der Waals surface area contributed by atoms with E-state index in [-0.39, 0.29) is 0 Å². The van der Waals surface area contributed by atoms with Gasteiger partial charge in [-0.3, -0.25) is 4.98 Å². The molecule has 0 aliphatic heterocycles. The van der Waals surface area contributed by atoms with Crippen LogP contribution in [0.2, 0.25) is 0 Å². The fourth-order valence-corrected chi connectivity index (χ4v) is 1.63. The van der Waals surface area contributed by atoms with Crippen molar-refractivity contribution in [2.45, 2.75) is 13.5 Å². The van der Waals surface area contributed by atoms with Gasteiger partial charge in [-0.25, -0.2) is 0 Å². The third-order valence-corrected chi connectivity index (χ3v) is 2.24. The second-order valence-corrected chi connectivity index (χ2v) is 3.34. The Bertz CT molecular complexity index is 494. The highest BCUT2D eigenvalue weighted by Gasteiger charge is 2.03. The Balaban J connectivity index is 2.55. The number of para-hydroxylation sites is 1. The monoisotopic (exact) mass is 200 g/mol. The predicted octanol–water partition coefficient (Wildman–Crippen LogP) is 2.68. The van der Waals surface area contributed by atoms with Crippen molar-refractivity contribution in [1.82, 2.24) is 4.98 Å². The molecule has 0 unspecified atom stereocenters. The number of hydrogen-bond donors (Lipinski definition) is 0. The summed E-state index contributed by atoms with van der Waals surface area (Å²) in [6, 6.07) is 10.00. The highest BCUT2D eigenvalue weighted by atomic mass is 16.6. The van der Waals surface area contributed by atoms with Crippen molar-refractivity contribution in [3.8, 4) is 0 Å². The SMILES string of the molecule is C=NOCc1cc(C)nc2ccccc12. The molecule has 0 saturated carbocycles. The number of nitrogens with zero attached hydrogens (tertiary/aromatic N) is 2. The number of pyridine rings is 1. The zero-order valence-corrected chi connectivity index (χ0v) is 8.60. The minimum absolute atomic E-state index is 0.438. The number of benzene rings is 1. The Morgan fingerprint density at radius 3 is 3.00 bits per heavy atom. The molecule has 3 heteroatoms. The Labute approximate surface area is 88.4 Å². The van der Waals surface area contributed by atoms with E-state index in [2.05, 4.69) is 16.9 Å². The summed E-state index contributed by atoms with van der Waals surface area (Å²) in [5.74, 6) is 0. The van der Waals surface area contributed by atoms with Crippen LogP contribution in [-0.4, -0.2) is 11.7 Å². The van der Waals surface area contributed by atoms with E-state index in [9.17, 15) is 0 Å². The summed E-state index contributed by atoms with van der Waals surface area (Å²) in [7, 11) is 0. The Morgan fingerprint density at radius 2 is 2.20 bits per heavy atom. The van der Waals surface area contributed by atoms with E-state index in [0.29, 0.717) is 6.61 Å². The predicted molar refractivity (Wildman–Crippen MR) is 60.8 cm³/mol. The molecule has 2 aromatic rings. The average molecular weight is 200 g/mol. The summed E-state index contributed by atoms with van der Waals surface area (Å²) in [6.07, 6.45) is 0. The Hall–Kier alpha value is -1.90. The molecule has 3 nitrogen and oxygen atoms in total. The van der Waals surface area contributed by atoms with Crippen molar-refractivity contribution in [2.24, 2.45) is 5.16 Å². The minimum Gasteiger partial charge on any atom is -0.391 e. The molecule has 0 aliphatic rings. The highest BCUT2D eigenvalue weighted by Crippen LogP contribution is 2.18. The second-order valence-electron chi connectivity index (χ2n) is 3.34. The average Bonchev–Trinajstić information content (AvgIpc) is 2.25. The Kier molecular flexibility index (Phi) is 2.63. The van der Waals surface area contributed by atoms with Crippen molar-refractivity contribution in [3.05, 3.63) is 41.6 Å². The van der Waals surface area contributed by atoms with Gasteiger partial charge in [0.1, 0.15) is 6.61 Å². The molecule has 0 atom stereocenters. The molecule has 1 aromatic carbocycles. The van der Waals surface area contributed by atoms with Gasteiger partial charge in [-0.1, -0.05) is 18.2 Å². The molecular formula is C12H12N2O. The molecule has 0 amide bonds. The van der Waals surface area contributed by atoms with Crippen molar-refractivity contribution in [3.63, 3.8) is 0 Å². The molecule has 76 valence electrons. The molecular weight excluding hydrogens is 188 g/mol. The van der Waals surface area contributed by atoms with Crippen LogP contribution in [0.1, 0.15) is 11.3 Å². The van der Waals surface area contributed by atoms with Gasteiger partial charge < -0.3 is 4.84 Å². The summed E-state index contributed by atoms with van der Waals surface area (Å²) < 4.78 is 0. The molecule has 2 rings (SSSR count). The highest BCUT2D eigenvalue weighted by molar-refractivity contribution is 5.82. The van der Waals surface area contributed by atoms with Crippen LogP contribution in [0.25, 0.3) is 10.9 Å². The van der Waals surface area contributed by atoms with Gasteiger partial charge in [0.15, 0.2) is 0 Å². The van der Waals surface area contributed by atoms with Gasteiger partial charge >= 0.3 is 0 Å². The maximum Gasteiger partial charge on any atom is 0.143 e. The summed E-state index contributed by atoms with van der Waals surface area (Å²) in [4.78, 5) is 9.41. The van der Waals surface area contributed by atoms with Crippen LogP contribution in [0, 0.1) is 6.92 Å². The fraction of sp³-hybridized carbons (Fsp3) is 0.167. The van der Waals surface area contributed by atoms with E-state index in [1.807, 2.05) is 37.3 Å². The molecule has 0 N–H and O–H groups in total. The molecule has 0 spiro atoms. The maximum absolute atomic E-state index is 4.97. The second kappa shape index (κ2) is 4.09.